The van der Waals surface area contributed by atoms with Crippen LogP contribution in [0.2, 0.25) is 5.02 Å². The summed E-state index contributed by atoms with van der Waals surface area (Å²) in [7, 11) is 0. The average Bonchev–Trinajstić information content (AvgIpc) is 2.34. The maximum Gasteiger partial charge on any atom is 0.282 e. The number of nitro groups is 1. The van der Waals surface area contributed by atoms with Gasteiger partial charge in [0.25, 0.3) is 11.6 Å². The highest BCUT2D eigenvalue weighted by Crippen LogP contribution is 2.22. The van der Waals surface area contributed by atoms with Gasteiger partial charge in [-0.25, -0.2) is 0 Å². The molecule has 0 heterocycles. The third-order valence-corrected chi connectivity index (χ3v) is 3.01. The highest BCUT2D eigenvalue weighted by Gasteiger charge is 2.23. The minimum Gasteiger partial charge on any atom is -0.348 e. The quantitative estimate of drug-likeness (QED) is 0.638. The molecule has 19 heavy (non-hydrogen) atoms. The van der Waals surface area contributed by atoms with E-state index in [-0.39, 0.29) is 34.8 Å². The molecule has 7 heteroatoms. The Morgan fingerprint density at radius 3 is 2.63 bits per heavy atom. The van der Waals surface area contributed by atoms with Crippen LogP contribution in [0, 0.1) is 16.0 Å². The number of hydrogen-bond acceptors (Lipinski definition) is 4. The van der Waals surface area contributed by atoms with E-state index in [2.05, 4.69) is 5.32 Å². The molecule has 1 unspecified atom stereocenters. The standard InChI is InChI=1S/C12H16ClN3O3/c1-7(2)10(6-14)15-12(17)9-5-8(13)3-4-11(9)16(18)19/h3-5,7,10H,6,14H2,1-2H3,(H,15,17). The summed E-state index contributed by atoms with van der Waals surface area (Å²) in [5.41, 5.74) is 5.22. The summed E-state index contributed by atoms with van der Waals surface area (Å²) in [4.78, 5) is 22.3. The third-order valence-electron chi connectivity index (χ3n) is 2.78. The van der Waals surface area contributed by atoms with Crippen molar-refractivity contribution < 1.29 is 9.72 Å². The predicted octanol–water partition coefficient (Wildman–Crippen LogP) is 1.96. The van der Waals surface area contributed by atoms with Gasteiger partial charge < -0.3 is 11.1 Å². The Balaban J connectivity index is 3.05. The van der Waals surface area contributed by atoms with Crippen molar-refractivity contribution >= 4 is 23.2 Å². The molecular weight excluding hydrogens is 270 g/mol. The largest absolute Gasteiger partial charge is 0.348 e. The van der Waals surface area contributed by atoms with Crippen molar-refractivity contribution in [3.05, 3.63) is 38.9 Å². The Labute approximate surface area is 116 Å². The minimum absolute atomic E-state index is 0.0587. The van der Waals surface area contributed by atoms with E-state index < -0.39 is 10.8 Å². The van der Waals surface area contributed by atoms with Crippen LogP contribution >= 0.6 is 11.6 Å². The van der Waals surface area contributed by atoms with E-state index in [1.54, 1.807) is 0 Å². The summed E-state index contributed by atoms with van der Waals surface area (Å²) in [5.74, 6) is -0.412. The van der Waals surface area contributed by atoms with Gasteiger partial charge in [-0.3, -0.25) is 14.9 Å². The van der Waals surface area contributed by atoms with Crippen LogP contribution in [-0.4, -0.2) is 23.4 Å². The molecule has 0 aromatic heterocycles. The summed E-state index contributed by atoms with van der Waals surface area (Å²) < 4.78 is 0. The molecule has 1 aromatic carbocycles. The van der Waals surface area contributed by atoms with E-state index in [0.717, 1.165) is 0 Å². The average molecular weight is 286 g/mol. The molecule has 0 aliphatic heterocycles. The maximum absolute atomic E-state index is 12.1. The van der Waals surface area contributed by atoms with Crippen LogP contribution in [0.25, 0.3) is 0 Å². The first-order chi connectivity index (χ1) is 8.86. The van der Waals surface area contributed by atoms with E-state index in [1.165, 1.54) is 18.2 Å². The number of carbonyl (C=O) groups excluding carboxylic acids is 1. The van der Waals surface area contributed by atoms with Crippen LogP contribution in [0.5, 0.6) is 0 Å². The number of carbonyl (C=O) groups is 1. The van der Waals surface area contributed by atoms with Gasteiger partial charge in [0.2, 0.25) is 0 Å². The van der Waals surface area contributed by atoms with Crippen molar-refractivity contribution in [2.24, 2.45) is 11.7 Å². The van der Waals surface area contributed by atoms with Crippen molar-refractivity contribution in [3.63, 3.8) is 0 Å². The Hall–Kier alpha value is -1.66. The molecule has 0 saturated heterocycles. The number of hydrogen-bond donors (Lipinski definition) is 2. The Morgan fingerprint density at radius 2 is 2.16 bits per heavy atom. The van der Waals surface area contributed by atoms with Crippen LogP contribution in [-0.2, 0) is 0 Å². The molecule has 1 amide bonds. The number of halogens is 1. The number of nitrogens with two attached hydrogens (primary N) is 1. The van der Waals surface area contributed by atoms with Crippen molar-refractivity contribution in [1.82, 2.24) is 5.32 Å². The van der Waals surface area contributed by atoms with Crippen molar-refractivity contribution in [3.8, 4) is 0 Å². The lowest BCUT2D eigenvalue weighted by atomic mass is 10.0. The Morgan fingerprint density at radius 1 is 1.53 bits per heavy atom. The molecule has 0 fully saturated rings. The van der Waals surface area contributed by atoms with Gasteiger partial charge in [0.15, 0.2) is 0 Å². The first kappa shape index (κ1) is 15.4. The topological polar surface area (TPSA) is 98.3 Å². The SMILES string of the molecule is CC(C)C(CN)NC(=O)c1cc(Cl)ccc1[N+](=O)[O-]. The number of nitrogens with one attached hydrogen (secondary N) is 1. The van der Waals surface area contributed by atoms with Crippen molar-refractivity contribution in [1.29, 1.82) is 0 Å². The second-order valence-corrected chi connectivity index (χ2v) is 4.91. The summed E-state index contributed by atoms with van der Waals surface area (Å²) in [6.45, 7) is 4.08. The molecule has 0 spiro atoms. The van der Waals surface area contributed by atoms with Crippen LogP contribution in [0.15, 0.2) is 18.2 Å². The molecule has 0 aliphatic rings. The number of rotatable bonds is 5. The Kier molecular flexibility index (Phi) is 5.26. The first-order valence-electron chi connectivity index (χ1n) is 5.81. The van der Waals surface area contributed by atoms with Gasteiger partial charge in [-0.15, -0.1) is 0 Å². The fraction of sp³-hybridized carbons (Fsp3) is 0.417. The zero-order chi connectivity index (χ0) is 14.6. The molecule has 1 aromatic rings. The van der Waals surface area contributed by atoms with E-state index in [1.807, 2.05) is 13.8 Å². The summed E-state index contributed by atoms with van der Waals surface area (Å²) in [6.07, 6.45) is 0. The van der Waals surface area contributed by atoms with E-state index >= 15 is 0 Å². The van der Waals surface area contributed by atoms with Gasteiger partial charge in [-0.2, -0.15) is 0 Å². The van der Waals surface area contributed by atoms with Gasteiger partial charge in [0.05, 0.1) is 4.92 Å². The molecular formula is C12H16ClN3O3. The molecule has 0 radical (unpaired) electrons. The van der Waals surface area contributed by atoms with Crippen molar-refractivity contribution in [2.45, 2.75) is 19.9 Å². The lowest BCUT2D eigenvalue weighted by molar-refractivity contribution is -0.385. The Bertz CT molecular complexity index is 491. The fourth-order valence-corrected chi connectivity index (χ4v) is 1.77. The summed E-state index contributed by atoms with van der Waals surface area (Å²) >= 11 is 5.77. The van der Waals surface area contributed by atoms with E-state index in [0.29, 0.717) is 0 Å². The lowest BCUT2D eigenvalue weighted by Gasteiger charge is -2.20. The molecule has 3 N–H and O–H groups in total. The zero-order valence-electron chi connectivity index (χ0n) is 10.7. The minimum atomic E-state index is -0.613. The first-order valence-corrected chi connectivity index (χ1v) is 6.19. The van der Waals surface area contributed by atoms with E-state index in [4.69, 9.17) is 17.3 Å². The molecule has 0 bridgehead atoms. The monoisotopic (exact) mass is 285 g/mol. The van der Waals surface area contributed by atoms with Gasteiger partial charge in [0.1, 0.15) is 5.56 Å². The molecule has 0 aliphatic carbocycles. The predicted molar refractivity (Wildman–Crippen MR) is 73.3 cm³/mol. The van der Waals surface area contributed by atoms with Gasteiger partial charge in [0, 0.05) is 23.7 Å². The van der Waals surface area contributed by atoms with Gasteiger partial charge in [-0.05, 0) is 18.1 Å². The molecule has 1 atom stereocenters. The number of benzene rings is 1. The van der Waals surface area contributed by atoms with Crippen LogP contribution in [0.4, 0.5) is 5.69 Å². The van der Waals surface area contributed by atoms with Gasteiger partial charge >= 0.3 is 0 Å². The maximum atomic E-state index is 12.1. The third kappa shape index (κ3) is 3.90. The fourth-order valence-electron chi connectivity index (χ4n) is 1.59. The smallest absolute Gasteiger partial charge is 0.282 e. The van der Waals surface area contributed by atoms with Crippen LogP contribution in [0.1, 0.15) is 24.2 Å². The highest BCUT2D eigenvalue weighted by atomic mass is 35.5. The normalized spacial score (nSPS) is 12.3. The van der Waals surface area contributed by atoms with E-state index in [9.17, 15) is 14.9 Å². The molecule has 6 nitrogen and oxygen atoms in total. The number of amides is 1. The van der Waals surface area contributed by atoms with Gasteiger partial charge in [-0.1, -0.05) is 25.4 Å². The second-order valence-electron chi connectivity index (χ2n) is 4.48. The molecule has 1 rings (SSSR count). The van der Waals surface area contributed by atoms with Crippen LogP contribution in [0.3, 0.4) is 0 Å². The second kappa shape index (κ2) is 6.49. The van der Waals surface area contributed by atoms with Crippen LogP contribution < -0.4 is 11.1 Å². The zero-order valence-corrected chi connectivity index (χ0v) is 11.5. The molecule has 0 saturated carbocycles. The van der Waals surface area contributed by atoms with Crippen molar-refractivity contribution in [2.75, 3.05) is 6.54 Å². The lowest BCUT2D eigenvalue weighted by Crippen LogP contribution is -2.43. The molecule has 104 valence electrons. The summed E-state index contributed by atoms with van der Waals surface area (Å²) in [6, 6.07) is 3.62. The number of nitrogens with zero attached hydrogens (tertiary/aromatic N) is 1. The highest BCUT2D eigenvalue weighted by molar-refractivity contribution is 6.31. The summed E-state index contributed by atoms with van der Waals surface area (Å²) in [5, 5.41) is 13.8. The number of nitro benzene ring substituents is 1.